The number of anilines is 1. The van der Waals surface area contributed by atoms with E-state index < -0.39 is 5.91 Å². The average Bonchev–Trinajstić information content (AvgIpc) is 3.00. The predicted octanol–water partition coefficient (Wildman–Crippen LogP) is 1.60. The number of furan rings is 1. The highest BCUT2D eigenvalue weighted by atomic mass is 16.5. The molecule has 0 unspecified atom stereocenters. The number of likely N-dealkylation sites (N-methyl/N-ethyl adjacent to an activating group) is 1. The molecule has 28 heavy (non-hydrogen) atoms. The Morgan fingerprint density at radius 2 is 2.11 bits per heavy atom. The Kier molecular flexibility index (Phi) is 5.44. The first-order chi connectivity index (χ1) is 13.4. The molecule has 3 aromatic rings. The van der Waals surface area contributed by atoms with Crippen molar-refractivity contribution < 1.29 is 18.7 Å². The fraction of sp³-hybridized carbons (Fsp3) is 0.263. The second-order valence-electron chi connectivity index (χ2n) is 6.10. The lowest BCUT2D eigenvalue weighted by Crippen LogP contribution is -2.28. The van der Waals surface area contributed by atoms with Gasteiger partial charge in [-0.3, -0.25) is 14.4 Å². The molecule has 3 rings (SSSR count). The Balaban J connectivity index is 1.82. The number of hydrogen-bond donors (Lipinski definition) is 2. The number of nitrogens with zero attached hydrogens (tertiary/aromatic N) is 2. The van der Waals surface area contributed by atoms with Crippen molar-refractivity contribution in [3.8, 4) is 5.75 Å². The number of carbonyl (C=O) groups excluding carboxylic acids is 2. The molecule has 0 atom stereocenters. The van der Waals surface area contributed by atoms with Crippen LogP contribution in [0.5, 0.6) is 5.75 Å². The Bertz CT molecular complexity index is 1100. The summed E-state index contributed by atoms with van der Waals surface area (Å²) in [6.07, 6.45) is 1.34. The maximum atomic E-state index is 12.8. The zero-order valence-electron chi connectivity index (χ0n) is 15.7. The van der Waals surface area contributed by atoms with Gasteiger partial charge < -0.3 is 24.4 Å². The van der Waals surface area contributed by atoms with Crippen LogP contribution in [0.15, 0.2) is 39.8 Å². The number of aromatic nitrogens is 2. The molecule has 9 nitrogen and oxygen atoms in total. The van der Waals surface area contributed by atoms with Crippen LogP contribution >= 0.6 is 0 Å². The predicted molar refractivity (Wildman–Crippen MR) is 103 cm³/mol. The van der Waals surface area contributed by atoms with Gasteiger partial charge in [0.1, 0.15) is 23.2 Å². The molecule has 0 saturated heterocycles. The number of amides is 2. The van der Waals surface area contributed by atoms with Gasteiger partial charge >= 0.3 is 0 Å². The van der Waals surface area contributed by atoms with Crippen molar-refractivity contribution in [2.24, 2.45) is 7.05 Å². The molecule has 0 aliphatic heterocycles. The number of nitrogens with one attached hydrogen (secondary N) is 2. The second-order valence-corrected chi connectivity index (χ2v) is 6.10. The van der Waals surface area contributed by atoms with Crippen LogP contribution in [-0.2, 0) is 11.8 Å². The molecule has 0 aliphatic rings. The van der Waals surface area contributed by atoms with Gasteiger partial charge in [-0.2, -0.15) is 0 Å². The van der Waals surface area contributed by atoms with E-state index >= 15 is 0 Å². The highest BCUT2D eigenvalue weighted by Crippen LogP contribution is 2.23. The van der Waals surface area contributed by atoms with Crippen molar-refractivity contribution in [2.75, 3.05) is 18.5 Å². The first-order valence-corrected chi connectivity index (χ1v) is 8.66. The van der Waals surface area contributed by atoms with Gasteiger partial charge in [0.25, 0.3) is 17.4 Å². The fourth-order valence-electron chi connectivity index (χ4n) is 2.71. The molecule has 0 radical (unpaired) electrons. The SMILES string of the molecule is CCNC(=O)COc1cccc(NC(=O)c2c(C)oc3ncn(C)c(=O)c23)c1. The molecule has 2 amide bonds. The van der Waals surface area contributed by atoms with Gasteiger partial charge in [0.15, 0.2) is 6.61 Å². The van der Waals surface area contributed by atoms with E-state index in [1.165, 1.54) is 10.9 Å². The zero-order chi connectivity index (χ0) is 20.3. The van der Waals surface area contributed by atoms with E-state index in [0.29, 0.717) is 23.7 Å². The number of fused-ring (bicyclic) bond motifs is 1. The summed E-state index contributed by atoms with van der Waals surface area (Å²) in [5.74, 6) is -0.00894. The maximum Gasteiger partial charge on any atom is 0.265 e. The lowest BCUT2D eigenvalue weighted by Gasteiger charge is -2.09. The molecular formula is C19H20N4O5. The smallest absolute Gasteiger partial charge is 0.265 e. The van der Waals surface area contributed by atoms with Gasteiger partial charge in [0.05, 0.1) is 5.56 Å². The molecule has 2 heterocycles. The van der Waals surface area contributed by atoms with Crippen LogP contribution in [0.2, 0.25) is 0 Å². The van der Waals surface area contributed by atoms with Crippen LogP contribution in [0.25, 0.3) is 11.1 Å². The minimum absolute atomic E-state index is 0.116. The summed E-state index contributed by atoms with van der Waals surface area (Å²) in [4.78, 5) is 40.7. The quantitative estimate of drug-likeness (QED) is 0.667. The van der Waals surface area contributed by atoms with E-state index in [-0.39, 0.29) is 34.7 Å². The third kappa shape index (κ3) is 3.88. The van der Waals surface area contributed by atoms with E-state index in [1.807, 2.05) is 6.92 Å². The molecular weight excluding hydrogens is 364 g/mol. The standard InChI is InChI=1S/C19H20N4O5/c1-4-20-14(24)9-27-13-7-5-6-12(8-13)22-17(25)15-11(2)28-18-16(15)19(26)23(3)10-21-18/h5-8,10H,4,9H2,1-3H3,(H,20,24)(H,22,25). The molecule has 2 N–H and O–H groups in total. The molecule has 9 heteroatoms. The van der Waals surface area contributed by atoms with Gasteiger partial charge in [-0.15, -0.1) is 0 Å². The van der Waals surface area contributed by atoms with Crippen molar-refractivity contribution in [2.45, 2.75) is 13.8 Å². The molecule has 0 bridgehead atoms. The Hall–Kier alpha value is -3.62. The first-order valence-electron chi connectivity index (χ1n) is 8.66. The molecule has 0 spiro atoms. The van der Waals surface area contributed by atoms with E-state index in [1.54, 1.807) is 38.2 Å². The Labute approximate surface area is 160 Å². The van der Waals surface area contributed by atoms with Gasteiger partial charge in [-0.05, 0) is 26.0 Å². The van der Waals surface area contributed by atoms with Gasteiger partial charge in [0.2, 0.25) is 5.71 Å². The number of benzene rings is 1. The van der Waals surface area contributed by atoms with Crippen molar-refractivity contribution >= 4 is 28.6 Å². The number of aryl methyl sites for hydroxylation is 2. The van der Waals surface area contributed by atoms with Crippen LogP contribution in [-0.4, -0.2) is 34.5 Å². The number of ether oxygens (including phenoxy) is 1. The fourth-order valence-corrected chi connectivity index (χ4v) is 2.71. The minimum Gasteiger partial charge on any atom is -0.484 e. The number of carbonyl (C=O) groups is 2. The maximum absolute atomic E-state index is 12.8. The Morgan fingerprint density at radius 3 is 2.86 bits per heavy atom. The van der Waals surface area contributed by atoms with Crippen molar-refractivity contribution in [3.05, 3.63) is 52.3 Å². The monoisotopic (exact) mass is 384 g/mol. The summed E-state index contributed by atoms with van der Waals surface area (Å²) in [7, 11) is 1.55. The van der Waals surface area contributed by atoms with Gasteiger partial charge in [-0.25, -0.2) is 4.98 Å². The largest absolute Gasteiger partial charge is 0.484 e. The van der Waals surface area contributed by atoms with Gasteiger partial charge in [0, 0.05) is 25.3 Å². The third-order valence-electron chi connectivity index (χ3n) is 4.01. The highest BCUT2D eigenvalue weighted by Gasteiger charge is 2.22. The van der Waals surface area contributed by atoms with Crippen molar-refractivity contribution in [1.82, 2.24) is 14.9 Å². The summed E-state index contributed by atoms with van der Waals surface area (Å²) < 4.78 is 12.1. The summed E-state index contributed by atoms with van der Waals surface area (Å²) >= 11 is 0. The van der Waals surface area contributed by atoms with Crippen LogP contribution in [0.3, 0.4) is 0 Å². The van der Waals surface area contributed by atoms with Crippen LogP contribution in [0.4, 0.5) is 5.69 Å². The number of rotatable bonds is 6. The molecule has 1 aromatic carbocycles. The van der Waals surface area contributed by atoms with E-state index in [0.717, 1.165) is 0 Å². The van der Waals surface area contributed by atoms with E-state index in [4.69, 9.17) is 9.15 Å². The van der Waals surface area contributed by atoms with Crippen LogP contribution < -0.4 is 20.9 Å². The highest BCUT2D eigenvalue weighted by molar-refractivity contribution is 6.12. The van der Waals surface area contributed by atoms with E-state index in [9.17, 15) is 14.4 Å². The molecule has 0 fully saturated rings. The lowest BCUT2D eigenvalue weighted by molar-refractivity contribution is -0.122. The molecule has 0 saturated carbocycles. The summed E-state index contributed by atoms with van der Waals surface area (Å²) in [5, 5.41) is 5.48. The zero-order valence-corrected chi connectivity index (χ0v) is 15.7. The summed E-state index contributed by atoms with van der Waals surface area (Å²) in [5.41, 5.74) is 0.334. The lowest BCUT2D eigenvalue weighted by atomic mass is 10.1. The third-order valence-corrected chi connectivity index (χ3v) is 4.01. The molecule has 2 aromatic heterocycles. The number of hydrogen-bond acceptors (Lipinski definition) is 6. The van der Waals surface area contributed by atoms with Crippen LogP contribution in [0.1, 0.15) is 23.0 Å². The van der Waals surface area contributed by atoms with Crippen molar-refractivity contribution in [3.63, 3.8) is 0 Å². The molecule has 146 valence electrons. The summed E-state index contributed by atoms with van der Waals surface area (Å²) in [6.45, 7) is 3.81. The Morgan fingerprint density at radius 1 is 1.32 bits per heavy atom. The normalized spacial score (nSPS) is 10.7. The molecule has 0 aliphatic carbocycles. The summed E-state index contributed by atoms with van der Waals surface area (Å²) in [6, 6.07) is 6.62. The minimum atomic E-state index is -0.498. The first kappa shape index (κ1) is 19.2. The van der Waals surface area contributed by atoms with Crippen LogP contribution in [0, 0.1) is 6.92 Å². The van der Waals surface area contributed by atoms with Crippen molar-refractivity contribution in [1.29, 1.82) is 0 Å². The van der Waals surface area contributed by atoms with Gasteiger partial charge in [-0.1, -0.05) is 6.07 Å². The average molecular weight is 384 g/mol. The topological polar surface area (TPSA) is 115 Å². The van der Waals surface area contributed by atoms with E-state index in [2.05, 4.69) is 15.6 Å². The second kappa shape index (κ2) is 7.95.